The van der Waals surface area contributed by atoms with E-state index in [2.05, 4.69) is 5.73 Å². The molecule has 0 aliphatic rings. The summed E-state index contributed by atoms with van der Waals surface area (Å²) in [4.78, 5) is 9.89. The molecular weight excluding hydrogens is 210 g/mol. The Morgan fingerprint density at radius 1 is 1.30 bits per heavy atom. The van der Waals surface area contributed by atoms with Gasteiger partial charge in [-0.2, -0.15) is 8.78 Å². The molecule has 60 valence electrons. The van der Waals surface area contributed by atoms with Crippen LogP contribution in [-0.4, -0.2) is 15.6 Å². The van der Waals surface area contributed by atoms with Crippen LogP contribution in [0.25, 0.3) is 0 Å². The minimum Gasteiger partial charge on any atom is -0.364 e. The zero-order valence-electron chi connectivity index (χ0n) is 4.38. The first-order chi connectivity index (χ1) is 4.19. The van der Waals surface area contributed by atoms with Crippen LogP contribution in [0.1, 0.15) is 0 Å². The van der Waals surface area contributed by atoms with Crippen LogP contribution in [0.4, 0.5) is 8.78 Å². The average molecular weight is 212 g/mol. The molecule has 0 aliphatic heterocycles. The van der Waals surface area contributed by atoms with Gasteiger partial charge in [-0.1, -0.05) is 34.8 Å². The number of amides is 1. The number of carbonyl (C=O) groups excluding carboxylic acids is 1. The van der Waals surface area contributed by atoms with Crippen molar-refractivity contribution in [3.63, 3.8) is 0 Å². The molecule has 0 spiro atoms. The summed E-state index contributed by atoms with van der Waals surface area (Å²) in [6.07, 6.45) is 0. The van der Waals surface area contributed by atoms with Gasteiger partial charge in [0.25, 0.3) is 9.70 Å². The van der Waals surface area contributed by atoms with Crippen molar-refractivity contribution in [3.05, 3.63) is 0 Å². The second-order valence-electron chi connectivity index (χ2n) is 1.44. The molecule has 0 unspecified atom stereocenters. The zero-order chi connectivity index (χ0) is 8.58. The summed E-state index contributed by atoms with van der Waals surface area (Å²) in [6.45, 7) is 0. The van der Waals surface area contributed by atoms with Crippen molar-refractivity contribution in [2.75, 3.05) is 0 Å². The number of carbonyl (C=O) groups is 1. The quantitative estimate of drug-likeness (QED) is 0.657. The molecule has 0 radical (unpaired) electrons. The van der Waals surface area contributed by atoms with Gasteiger partial charge in [0.2, 0.25) is 0 Å². The summed E-state index contributed by atoms with van der Waals surface area (Å²) in [5.41, 5.74) is 4.21. The van der Waals surface area contributed by atoms with Gasteiger partial charge in [0, 0.05) is 0 Å². The normalized spacial score (nSPS) is 13.3. The maximum atomic E-state index is 12.2. The SMILES string of the molecule is NC(=O)C(F)(F)C(Cl)(Cl)Cl. The molecule has 0 atom stereocenters. The topological polar surface area (TPSA) is 43.1 Å². The van der Waals surface area contributed by atoms with Gasteiger partial charge in [0.1, 0.15) is 0 Å². The molecule has 0 saturated carbocycles. The highest BCUT2D eigenvalue weighted by molar-refractivity contribution is 6.69. The van der Waals surface area contributed by atoms with Gasteiger partial charge in [0.15, 0.2) is 0 Å². The van der Waals surface area contributed by atoms with E-state index in [0.717, 1.165) is 0 Å². The van der Waals surface area contributed by atoms with Gasteiger partial charge in [0.05, 0.1) is 0 Å². The van der Waals surface area contributed by atoms with Gasteiger partial charge >= 0.3 is 5.92 Å². The Bertz CT molecular complexity index is 154. The van der Waals surface area contributed by atoms with Crippen LogP contribution in [0.2, 0.25) is 0 Å². The molecule has 0 aromatic carbocycles. The standard InChI is InChI=1S/C3H2Cl3F2NO/c4-3(5,6)2(7,8)1(9)10/h(H2,9,10). The molecule has 10 heavy (non-hydrogen) atoms. The Kier molecular flexibility index (Phi) is 2.73. The summed E-state index contributed by atoms with van der Waals surface area (Å²) in [5.74, 6) is -6.09. The van der Waals surface area contributed by atoms with Crippen LogP contribution >= 0.6 is 34.8 Å². The molecule has 2 nitrogen and oxygen atoms in total. The summed E-state index contributed by atoms with van der Waals surface area (Å²) in [7, 11) is 0. The van der Waals surface area contributed by atoms with Gasteiger partial charge in [-0.25, -0.2) is 0 Å². The number of alkyl halides is 5. The van der Waals surface area contributed by atoms with E-state index in [1.165, 1.54) is 0 Å². The second kappa shape index (κ2) is 2.68. The fourth-order valence-electron chi connectivity index (χ4n) is 0.140. The Morgan fingerprint density at radius 2 is 1.60 bits per heavy atom. The van der Waals surface area contributed by atoms with E-state index in [4.69, 9.17) is 34.8 Å². The van der Waals surface area contributed by atoms with Crippen LogP contribution in [0, 0.1) is 0 Å². The summed E-state index contributed by atoms with van der Waals surface area (Å²) >= 11 is 14.1. The third kappa shape index (κ3) is 1.84. The fraction of sp³-hybridized carbons (Fsp3) is 0.667. The number of halogens is 5. The highest BCUT2D eigenvalue weighted by Gasteiger charge is 2.55. The molecule has 0 saturated heterocycles. The van der Waals surface area contributed by atoms with E-state index >= 15 is 0 Å². The number of primary amides is 1. The lowest BCUT2D eigenvalue weighted by molar-refractivity contribution is -0.141. The molecule has 0 aromatic rings. The van der Waals surface area contributed by atoms with Gasteiger partial charge in [-0.15, -0.1) is 0 Å². The van der Waals surface area contributed by atoms with Crippen LogP contribution in [-0.2, 0) is 4.79 Å². The molecule has 0 aliphatic carbocycles. The molecule has 0 fully saturated rings. The Hall–Kier alpha value is 0.200. The van der Waals surface area contributed by atoms with Crippen molar-refractivity contribution in [3.8, 4) is 0 Å². The first-order valence-electron chi connectivity index (χ1n) is 1.94. The Balaban J connectivity index is 4.57. The van der Waals surface area contributed by atoms with Gasteiger partial charge < -0.3 is 5.73 Å². The smallest absolute Gasteiger partial charge is 0.364 e. The first kappa shape index (κ1) is 10.2. The van der Waals surface area contributed by atoms with E-state index in [9.17, 15) is 13.6 Å². The maximum absolute atomic E-state index is 12.2. The van der Waals surface area contributed by atoms with Crippen molar-refractivity contribution in [1.82, 2.24) is 0 Å². The minimum atomic E-state index is -4.13. The number of rotatable bonds is 1. The predicted molar refractivity (Wildman–Crippen MR) is 34.4 cm³/mol. The molecule has 1 amide bonds. The molecule has 0 heterocycles. The molecular formula is C3H2Cl3F2NO. The van der Waals surface area contributed by atoms with Crippen LogP contribution < -0.4 is 5.73 Å². The van der Waals surface area contributed by atoms with Crippen LogP contribution in [0.3, 0.4) is 0 Å². The maximum Gasteiger partial charge on any atom is 0.370 e. The van der Waals surface area contributed by atoms with E-state index < -0.39 is 15.6 Å². The molecule has 0 aromatic heterocycles. The fourth-order valence-corrected chi connectivity index (χ4v) is 0.419. The van der Waals surface area contributed by atoms with Crippen molar-refractivity contribution in [2.24, 2.45) is 5.73 Å². The first-order valence-corrected chi connectivity index (χ1v) is 3.07. The van der Waals surface area contributed by atoms with Crippen LogP contribution in [0.5, 0.6) is 0 Å². The molecule has 2 N–H and O–H groups in total. The largest absolute Gasteiger partial charge is 0.370 e. The second-order valence-corrected chi connectivity index (χ2v) is 3.72. The number of hydrogen-bond donors (Lipinski definition) is 1. The number of hydrogen-bond acceptors (Lipinski definition) is 1. The Labute approximate surface area is 70.2 Å². The van der Waals surface area contributed by atoms with Crippen molar-refractivity contribution < 1.29 is 13.6 Å². The van der Waals surface area contributed by atoms with Crippen molar-refractivity contribution >= 4 is 40.7 Å². The summed E-state index contributed by atoms with van der Waals surface area (Å²) in [5, 5.41) is 0. The lowest BCUT2D eigenvalue weighted by Gasteiger charge is -2.19. The van der Waals surface area contributed by atoms with E-state index in [1.54, 1.807) is 0 Å². The third-order valence-electron chi connectivity index (χ3n) is 0.665. The van der Waals surface area contributed by atoms with Crippen molar-refractivity contribution in [2.45, 2.75) is 9.72 Å². The molecule has 0 rings (SSSR count). The van der Waals surface area contributed by atoms with Gasteiger partial charge in [-0.05, 0) is 0 Å². The third-order valence-corrected chi connectivity index (χ3v) is 1.38. The highest BCUT2D eigenvalue weighted by atomic mass is 35.6. The molecule has 7 heteroatoms. The van der Waals surface area contributed by atoms with Crippen molar-refractivity contribution in [1.29, 1.82) is 0 Å². The number of nitrogens with two attached hydrogens (primary N) is 1. The average Bonchev–Trinajstić information content (AvgIpc) is 1.62. The lowest BCUT2D eigenvalue weighted by atomic mass is 10.4. The zero-order valence-corrected chi connectivity index (χ0v) is 6.64. The Morgan fingerprint density at radius 3 is 1.60 bits per heavy atom. The van der Waals surface area contributed by atoms with E-state index in [0.29, 0.717) is 0 Å². The van der Waals surface area contributed by atoms with Crippen LogP contribution in [0.15, 0.2) is 0 Å². The monoisotopic (exact) mass is 211 g/mol. The minimum absolute atomic E-state index is 1.97. The summed E-state index contributed by atoms with van der Waals surface area (Å²) in [6, 6.07) is 0. The molecule has 0 bridgehead atoms. The predicted octanol–water partition coefficient (Wildman–Crippen LogP) is 1.48. The van der Waals surface area contributed by atoms with E-state index in [1.807, 2.05) is 0 Å². The lowest BCUT2D eigenvalue weighted by Crippen LogP contribution is -2.46. The van der Waals surface area contributed by atoms with E-state index in [-0.39, 0.29) is 0 Å². The highest BCUT2D eigenvalue weighted by Crippen LogP contribution is 2.41. The van der Waals surface area contributed by atoms with Gasteiger partial charge in [-0.3, -0.25) is 4.79 Å². The summed E-state index contributed by atoms with van der Waals surface area (Å²) < 4.78 is 21.4.